The molecule has 0 saturated carbocycles. The van der Waals surface area contributed by atoms with Crippen molar-refractivity contribution in [1.82, 2.24) is 4.90 Å². The lowest BCUT2D eigenvalue weighted by atomic mass is 10.1. The molecule has 0 atom stereocenters. The van der Waals surface area contributed by atoms with Crippen LogP contribution in [0.15, 0.2) is 12.1 Å². The van der Waals surface area contributed by atoms with Gasteiger partial charge in [0.05, 0.1) is 24.4 Å². The first-order valence-corrected chi connectivity index (χ1v) is 6.07. The van der Waals surface area contributed by atoms with Gasteiger partial charge in [-0.15, -0.1) is 0 Å². The highest BCUT2D eigenvalue weighted by atomic mass is 19.1. The number of carbonyl (C=O) groups excluding carboxylic acids is 2. The van der Waals surface area contributed by atoms with Crippen molar-refractivity contribution in [3.63, 3.8) is 0 Å². The number of halogens is 1. The van der Waals surface area contributed by atoms with Gasteiger partial charge in [-0.2, -0.15) is 0 Å². The van der Waals surface area contributed by atoms with Gasteiger partial charge in [-0.05, 0) is 19.1 Å². The Hall–Kier alpha value is -2.31. The second kappa shape index (κ2) is 6.74. The molecule has 0 aliphatic rings. The first-order valence-electron chi connectivity index (χ1n) is 6.07. The second-order valence-corrected chi connectivity index (χ2v) is 4.28. The second-order valence-electron chi connectivity index (χ2n) is 4.28. The van der Waals surface area contributed by atoms with Crippen LogP contribution in [-0.4, -0.2) is 44.0 Å². The Morgan fingerprint density at radius 1 is 1.40 bits per heavy atom. The summed E-state index contributed by atoms with van der Waals surface area (Å²) in [4.78, 5) is 24.5. The van der Waals surface area contributed by atoms with Gasteiger partial charge in [0, 0.05) is 19.8 Å². The van der Waals surface area contributed by atoms with Crippen LogP contribution in [0, 0.1) is 5.82 Å². The van der Waals surface area contributed by atoms with Gasteiger partial charge in [0.15, 0.2) is 0 Å². The highest BCUT2D eigenvalue weighted by Gasteiger charge is 2.16. The Kier molecular flexibility index (Phi) is 5.31. The number of amides is 1. The molecule has 20 heavy (non-hydrogen) atoms. The van der Waals surface area contributed by atoms with Crippen molar-refractivity contribution in [3.8, 4) is 0 Å². The molecular weight excluding hydrogens is 265 g/mol. The fourth-order valence-corrected chi connectivity index (χ4v) is 1.44. The number of benzene rings is 1. The summed E-state index contributed by atoms with van der Waals surface area (Å²) in [7, 11) is 3.18. The number of nitrogens with zero attached hydrogens (tertiary/aromatic N) is 1. The highest BCUT2D eigenvalue weighted by Crippen LogP contribution is 2.23. The number of rotatable bonds is 5. The van der Waals surface area contributed by atoms with Crippen molar-refractivity contribution in [3.05, 3.63) is 23.5 Å². The number of hydrogen-bond acceptors (Lipinski definition) is 5. The number of nitrogens with two attached hydrogens (primary N) is 1. The molecule has 0 heterocycles. The van der Waals surface area contributed by atoms with Crippen LogP contribution in [0.25, 0.3) is 0 Å². The maximum absolute atomic E-state index is 13.7. The fourth-order valence-electron chi connectivity index (χ4n) is 1.44. The number of carbonyl (C=O) groups is 2. The molecule has 0 aliphatic carbocycles. The number of likely N-dealkylation sites (N-methyl/N-ethyl adjacent to an activating group) is 1. The molecule has 0 radical (unpaired) electrons. The molecule has 0 bridgehead atoms. The molecule has 7 heteroatoms. The van der Waals surface area contributed by atoms with Crippen molar-refractivity contribution >= 4 is 23.3 Å². The van der Waals surface area contributed by atoms with Crippen molar-refractivity contribution in [1.29, 1.82) is 0 Å². The van der Waals surface area contributed by atoms with E-state index in [1.807, 2.05) is 0 Å². The van der Waals surface area contributed by atoms with Gasteiger partial charge >= 0.3 is 5.97 Å². The molecule has 1 amide bonds. The Morgan fingerprint density at radius 2 is 2.05 bits per heavy atom. The smallest absolute Gasteiger partial charge is 0.340 e. The zero-order chi connectivity index (χ0) is 15.3. The minimum atomic E-state index is -0.637. The Bertz CT molecular complexity index is 518. The van der Waals surface area contributed by atoms with Crippen LogP contribution in [0.1, 0.15) is 17.3 Å². The third kappa shape index (κ3) is 3.84. The average molecular weight is 283 g/mol. The minimum Gasteiger partial charge on any atom is -0.462 e. The number of esters is 1. The van der Waals surface area contributed by atoms with E-state index in [2.05, 4.69) is 5.32 Å². The van der Waals surface area contributed by atoms with E-state index >= 15 is 0 Å². The van der Waals surface area contributed by atoms with Gasteiger partial charge in [0.2, 0.25) is 5.91 Å². The van der Waals surface area contributed by atoms with Gasteiger partial charge in [-0.3, -0.25) is 4.79 Å². The molecule has 0 aromatic heterocycles. The number of ether oxygens (including phenoxy) is 1. The number of nitrogens with one attached hydrogen (secondary N) is 1. The van der Waals surface area contributed by atoms with Crippen LogP contribution < -0.4 is 11.1 Å². The van der Waals surface area contributed by atoms with E-state index in [1.165, 1.54) is 11.0 Å². The summed E-state index contributed by atoms with van der Waals surface area (Å²) in [6, 6.07) is 2.26. The van der Waals surface area contributed by atoms with Crippen molar-refractivity contribution in [2.75, 3.05) is 38.3 Å². The molecule has 1 aromatic rings. The molecule has 0 spiro atoms. The molecule has 6 nitrogen and oxygen atoms in total. The molecule has 1 aromatic carbocycles. The zero-order valence-corrected chi connectivity index (χ0v) is 11.7. The maximum Gasteiger partial charge on any atom is 0.340 e. The zero-order valence-electron chi connectivity index (χ0n) is 11.7. The third-order valence-electron chi connectivity index (χ3n) is 2.56. The van der Waals surface area contributed by atoms with E-state index in [0.29, 0.717) is 0 Å². The van der Waals surface area contributed by atoms with E-state index < -0.39 is 11.8 Å². The molecule has 0 saturated heterocycles. The van der Waals surface area contributed by atoms with Crippen molar-refractivity contribution in [2.45, 2.75) is 6.92 Å². The van der Waals surface area contributed by atoms with E-state index in [4.69, 9.17) is 10.5 Å². The van der Waals surface area contributed by atoms with Gasteiger partial charge < -0.3 is 20.7 Å². The van der Waals surface area contributed by atoms with Gasteiger partial charge in [-0.25, -0.2) is 9.18 Å². The largest absolute Gasteiger partial charge is 0.462 e. The predicted molar refractivity (Wildman–Crippen MR) is 74.0 cm³/mol. The van der Waals surface area contributed by atoms with E-state index in [9.17, 15) is 14.0 Å². The van der Waals surface area contributed by atoms with Gasteiger partial charge in [-0.1, -0.05) is 0 Å². The normalized spacial score (nSPS) is 10.0. The molecule has 110 valence electrons. The van der Waals surface area contributed by atoms with E-state index in [1.54, 1.807) is 21.0 Å². The van der Waals surface area contributed by atoms with Crippen molar-refractivity contribution in [2.24, 2.45) is 0 Å². The van der Waals surface area contributed by atoms with E-state index in [-0.39, 0.29) is 36.0 Å². The number of nitrogen functional groups attached to an aromatic ring is 1. The molecule has 0 unspecified atom stereocenters. The first-order chi connectivity index (χ1) is 9.36. The Balaban J connectivity index is 2.94. The van der Waals surface area contributed by atoms with Crippen LogP contribution >= 0.6 is 0 Å². The standard InChI is InChI=1S/C13H18FN3O3/c1-4-20-13(19)8-5-11(9(14)6-10(8)15)16-7-12(18)17(2)3/h5-6,16H,4,7,15H2,1-3H3. The Labute approximate surface area is 116 Å². The summed E-state index contributed by atoms with van der Waals surface area (Å²) in [5, 5.41) is 2.63. The van der Waals surface area contributed by atoms with Crippen LogP contribution in [-0.2, 0) is 9.53 Å². The quantitative estimate of drug-likeness (QED) is 0.624. The summed E-state index contributed by atoms with van der Waals surface area (Å²) < 4.78 is 18.5. The summed E-state index contributed by atoms with van der Waals surface area (Å²) in [6.07, 6.45) is 0. The summed E-state index contributed by atoms with van der Waals surface area (Å²) in [5.74, 6) is -1.49. The van der Waals surface area contributed by atoms with Gasteiger partial charge in [0.1, 0.15) is 5.82 Å². The molecule has 0 fully saturated rings. The summed E-state index contributed by atoms with van der Waals surface area (Å²) in [6.45, 7) is 1.76. The third-order valence-corrected chi connectivity index (χ3v) is 2.56. The van der Waals surface area contributed by atoms with Crippen LogP contribution in [0.3, 0.4) is 0 Å². The molecular formula is C13H18FN3O3. The SMILES string of the molecule is CCOC(=O)c1cc(NCC(=O)N(C)C)c(F)cc1N. The highest BCUT2D eigenvalue weighted by molar-refractivity contribution is 5.96. The molecule has 1 rings (SSSR count). The predicted octanol–water partition coefficient (Wildman–Crippen LogP) is 1.08. The number of hydrogen-bond donors (Lipinski definition) is 2. The van der Waals surface area contributed by atoms with Gasteiger partial charge in [0.25, 0.3) is 0 Å². The minimum absolute atomic E-state index is 0.00886. The lowest BCUT2D eigenvalue weighted by Gasteiger charge is -2.14. The average Bonchev–Trinajstić information content (AvgIpc) is 2.37. The molecule has 3 N–H and O–H groups in total. The van der Waals surface area contributed by atoms with Crippen LogP contribution in [0.4, 0.5) is 15.8 Å². The maximum atomic E-state index is 13.7. The summed E-state index contributed by atoms with van der Waals surface area (Å²) in [5.41, 5.74) is 5.66. The first kappa shape index (κ1) is 15.7. The van der Waals surface area contributed by atoms with E-state index in [0.717, 1.165) is 6.07 Å². The fraction of sp³-hybridized carbons (Fsp3) is 0.385. The lowest BCUT2D eigenvalue weighted by molar-refractivity contribution is -0.126. The van der Waals surface area contributed by atoms with Crippen LogP contribution in [0.5, 0.6) is 0 Å². The number of anilines is 2. The van der Waals surface area contributed by atoms with Crippen molar-refractivity contribution < 1.29 is 18.7 Å². The van der Waals surface area contributed by atoms with Crippen LogP contribution in [0.2, 0.25) is 0 Å². The molecule has 0 aliphatic heterocycles. The Morgan fingerprint density at radius 3 is 2.60 bits per heavy atom. The lowest BCUT2D eigenvalue weighted by Crippen LogP contribution is -2.28. The summed E-state index contributed by atoms with van der Waals surface area (Å²) >= 11 is 0. The topological polar surface area (TPSA) is 84.7 Å². The monoisotopic (exact) mass is 283 g/mol.